The Hall–Kier alpha value is -1.46. The predicted octanol–water partition coefficient (Wildman–Crippen LogP) is 4.57. The molecule has 0 radical (unpaired) electrons. The summed E-state index contributed by atoms with van der Waals surface area (Å²) >= 11 is 9.37. The number of nitrogens with one attached hydrogen (secondary N) is 1. The van der Waals surface area contributed by atoms with E-state index in [4.69, 9.17) is 16.3 Å². The zero-order valence-electron chi connectivity index (χ0n) is 11.8. The summed E-state index contributed by atoms with van der Waals surface area (Å²) in [5.74, 6) is 0.398. The zero-order valence-corrected chi connectivity index (χ0v) is 14.2. The molecular formula is C15H16BrClN2O2. The Bertz CT molecular complexity index is 655. The second kappa shape index (κ2) is 7.00. The molecule has 0 fully saturated rings. The maximum absolute atomic E-state index is 12.4. The number of nitrogens with zero attached hydrogens (tertiary/aromatic N) is 1. The summed E-state index contributed by atoms with van der Waals surface area (Å²) in [6, 6.07) is 6.94. The normalized spacial score (nSPS) is 10.5. The molecule has 0 saturated heterocycles. The zero-order chi connectivity index (χ0) is 15.4. The van der Waals surface area contributed by atoms with Gasteiger partial charge in [0.1, 0.15) is 11.4 Å². The molecule has 0 atom stereocenters. The van der Waals surface area contributed by atoms with Crippen molar-refractivity contribution < 1.29 is 9.53 Å². The van der Waals surface area contributed by atoms with Crippen LogP contribution in [-0.4, -0.2) is 17.1 Å². The van der Waals surface area contributed by atoms with Gasteiger partial charge in [-0.2, -0.15) is 0 Å². The lowest BCUT2D eigenvalue weighted by atomic mass is 10.2. The van der Waals surface area contributed by atoms with Crippen LogP contribution in [0.3, 0.4) is 0 Å². The van der Waals surface area contributed by atoms with Crippen molar-refractivity contribution in [1.82, 2.24) is 4.57 Å². The smallest absolute Gasteiger partial charge is 0.272 e. The largest absolute Gasteiger partial charge is 0.492 e. The van der Waals surface area contributed by atoms with Crippen LogP contribution in [0.1, 0.15) is 24.3 Å². The van der Waals surface area contributed by atoms with Gasteiger partial charge in [-0.05, 0) is 54.0 Å². The third-order valence-electron chi connectivity index (χ3n) is 2.93. The Morgan fingerprint density at radius 1 is 1.38 bits per heavy atom. The van der Waals surface area contributed by atoms with Gasteiger partial charge in [0.2, 0.25) is 0 Å². The van der Waals surface area contributed by atoms with E-state index in [2.05, 4.69) is 21.2 Å². The summed E-state index contributed by atoms with van der Waals surface area (Å²) < 4.78 is 8.23. The molecule has 1 aromatic heterocycles. The van der Waals surface area contributed by atoms with Gasteiger partial charge >= 0.3 is 0 Å². The fourth-order valence-corrected chi connectivity index (χ4v) is 2.63. The SMILES string of the molecule is CCOc1ccc(Cl)cc1NC(=O)c1cc(Br)cn1CC. The van der Waals surface area contributed by atoms with Gasteiger partial charge in [-0.3, -0.25) is 4.79 Å². The monoisotopic (exact) mass is 370 g/mol. The van der Waals surface area contributed by atoms with E-state index in [-0.39, 0.29) is 5.91 Å². The lowest BCUT2D eigenvalue weighted by molar-refractivity contribution is 0.101. The van der Waals surface area contributed by atoms with Crippen LogP contribution in [0.5, 0.6) is 5.75 Å². The summed E-state index contributed by atoms with van der Waals surface area (Å²) in [5.41, 5.74) is 1.14. The third-order valence-corrected chi connectivity index (χ3v) is 3.59. The second-order valence-electron chi connectivity index (χ2n) is 4.36. The van der Waals surface area contributed by atoms with Crippen molar-refractivity contribution in [2.75, 3.05) is 11.9 Å². The molecule has 0 aliphatic carbocycles. The number of amides is 1. The number of ether oxygens (including phenoxy) is 1. The summed E-state index contributed by atoms with van der Waals surface area (Å²) in [6.45, 7) is 5.09. The van der Waals surface area contributed by atoms with Gasteiger partial charge in [0, 0.05) is 22.2 Å². The Kier molecular flexibility index (Phi) is 5.31. The number of carbonyl (C=O) groups is 1. The maximum Gasteiger partial charge on any atom is 0.272 e. The highest BCUT2D eigenvalue weighted by Gasteiger charge is 2.15. The van der Waals surface area contributed by atoms with Crippen molar-refractivity contribution >= 4 is 39.1 Å². The number of hydrogen-bond donors (Lipinski definition) is 1. The third kappa shape index (κ3) is 3.80. The van der Waals surface area contributed by atoms with Crippen molar-refractivity contribution in [3.8, 4) is 5.75 Å². The van der Waals surface area contributed by atoms with Gasteiger partial charge < -0.3 is 14.6 Å². The molecule has 1 aromatic carbocycles. The molecule has 112 valence electrons. The van der Waals surface area contributed by atoms with Gasteiger partial charge in [-0.15, -0.1) is 0 Å². The molecule has 2 rings (SSSR count). The van der Waals surface area contributed by atoms with Crippen LogP contribution in [0.2, 0.25) is 5.02 Å². The Labute approximate surface area is 137 Å². The van der Waals surface area contributed by atoms with E-state index >= 15 is 0 Å². The summed E-state index contributed by atoms with van der Waals surface area (Å²) in [6.07, 6.45) is 1.87. The molecule has 0 spiro atoms. The first kappa shape index (κ1) is 15.9. The molecule has 1 amide bonds. The number of aryl methyl sites for hydroxylation is 1. The quantitative estimate of drug-likeness (QED) is 0.836. The molecule has 0 unspecified atom stereocenters. The van der Waals surface area contributed by atoms with Gasteiger partial charge in [0.05, 0.1) is 12.3 Å². The Morgan fingerprint density at radius 3 is 2.81 bits per heavy atom. The molecule has 0 bridgehead atoms. The fraction of sp³-hybridized carbons (Fsp3) is 0.267. The van der Waals surface area contributed by atoms with Crippen LogP contribution in [0, 0.1) is 0 Å². The average molecular weight is 372 g/mol. The summed E-state index contributed by atoms with van der Waals surface area (Å²) in [4.78, 5) is 12.4. The van der Waals surface area contributed by atoms with E-state index in [1.165, 1.54) is 0 Å². The molecule has 21 heavy (non-hydrogen) atoms. The number of hydrogen-bond acceptors (Lipinski definition) is 2. The minimum Gasteiger partial charge on any atom is -0.492 e. The van der Waals surface area contributed by atoms with Crippen LogP contribution in [0.15, 0.2) is 34.9 Å². The van der Waals surface area contributed by atoms with E-state index in [0.717, 1.165) is 4.47 Å². The molecule has 0 aliphatic heterocycles. The molecule has 1 heterocycles. The Morgan fingerprint density at radius 2 is 2.14 bits per heavy atom. The van der Waals surface area contributed by atoms with Crippen molar-refractivity contribution in [2.45, 2.75) is 20.4 Å². The molecule has 0 saturated carbocycles. The van der Waals surface area contributed by atoms with Crippen molar-refractivity contribution in [3.63, 3.8) is 0 Å². The first-order valence-electron chi connectivity index (χ1n) is 6.64. The average Bonchev–Trinajstić information content (AvgIpc) is 2.83. The molecule has 1 N–H and O–H groups in total. The van der Waals surface area contributed by atoms with E-state index in [1.54, 1.807) is 24.3 Å². The van der Waals surface area contributed by atoms with Crippen LogP contribution >= 0.6 is 27.5 Å². The molecule has 2 aromatic rings. The molecule has 6 heteroatoms. The number of carbonyl (C=O) groups excluding carboxylic acids is 1. The van der Waals surface area contributed by atoms with Crippen molar-refractivity contribution in [1.29, 1.82) is 0 Å². The minimum atomic E-state index is -0.203. The van der Waals surface area contributed by atoms with Gasteiger partial charge in [0.15, 0.2) is 0 Å². The van der Waals surface area contributed by atoms with E-state index in [9.17, 15) is 4.79 Å². The van der Waals surface area contributed by atoms with Crippen LogP contribution < -0.4 is 10.1 Å². The Balaban J connectivity index is 2.28. The summed E-state index contributed by atoms with van der Waals surface area (Å²) in [5, 5.41) is 3.39. The molecule has 4 nitrogen and oxygen atoms in total. The number of anilines is 1. The number of benzene rings is 1. The van der Waals surface area contributed by atoms with Crippen LogP contribution in [-0.2, 0) is 6.54 Å². The van der Waals surface area contributed by atoms with E-state index < -0.39 is 0 Å². The van der Waals surface area contributed by atoms with Gasteiger partial charge in [-0.1, -0.05) is 11.6 Å². The van der Waals surface area contributed by atoms with Gasteiger partial charge in [0.25, 0.3) is 5.91 Å². The molecular weight excluding hydrogens is 356 g/mol. The lowest BCUT2D eigenvalue weighted by Crippen LogP contribution is -2.17. The fourth-order valence-electron chi connectivity index (χ4n) is 1.99. The standard InChI is InChI=1S/C15H16BrClN2O2/c1-3-19-9-10(16)7-13(19)15(20)18-12-8-11(17)5-6-14(12)21-4-2/h5-9H,3-4H2,1-2H3,(H,18,20). The highest BCUT2D eigenvalue weighted by atomic mass is 79.9. The summed E-state index contributed by atoms with van der Waals surface area (Å²) in [7, 11) is 0. The number of halogens is 2. The van der Waals surface area contributed by atoms with Gasteiger partial charge in [-0.25, -0.2) is 0 Å². The van der Waals surface area contributed by atoms with Crippen LogP contribution in [0.4, 0.5) is 5.69 Å². The maximum atomic E-state index is 12.4. The number of aromatic nitrogens is 1. The van der Waals surface area contributed by atoms with Crippen molar-refractivity contribution in [2.24, 2.45) is 0 Å². The first-order chi connectivity index (χ1) is 10.0. The van der Waals surface area contributed by atoms with Crippen molar-refractivity contribution in [3.05, 3.63) is 45.7 Å². The highest BCUT2D eigenvalue weighted by molar-refractivity contribution is 9.10. The van der Waals surface area contributed by atoms with Crippen LogP contribution in [0.25, 0.3) is 0 Å². The minimum absolute atomic E-state index is 0.203. The number of rotatable bonds is 5. The van der Waals surface area contributed by atoms with E-state index in [0.29, 0.717) is 35.3 Å². The first-order valence-corrected chi connectivity index (χ1v) is 7.81. The molecule has 0 aliphatic rings. The predicted molar refractivity (Wildman–Crippen MR) is 88.4 cm³/mol. The lowest BCUT2D eigenvalue weighted by Gasteiger charge is -2.12. The topological polar surface area (TPSA) is 43.3 Å². The van der Waals surface area contributed by atoms with E-state index in [1.807, 2.05) is 24.6 Å². The highest BCUT2D eigenvalue weighted by Crippen LogP contribution is 2.29. The second-order valence-corrected chi connectivity index (χ2v) is 5.71.